The van der Waals surface area contributed by atoms with Crippen LogP contribution in [0.4, 0.5) is 0 Å². The number of carboxylic acids is 1. The van der Waals surface area contributed by atoms with Crippen LogP contribution in [0.5, 0.6) is 0 Å². The molecule has 0 fully saturated rings. The Morgan fingerprint density at radius 2 is 1.48 bits per heavy atom. The molecule has 0 rings (SSSR count). The molecular weight excluding hydrogens is 430 g/mol. The molecule has 0 aromatic rings. The SMILES string of the molecule is CCC(C)C(N)C(=O)NC(CC(C)C)C(=O)NC(C)C(=O)NC(CCCN=C(N)N)C(=O)O. The van der Waals surface area contributed by atoms with Gasteiger partial charge in [0.05, 0.1) is 6.04 Å². The van der Waals surface area contributed by atoms with E-state index in [0.29, 0.717) is 19.3 Å². The topological polar surface area (TPSA) is 215 Å². The Labute approximate surface area is 195 Å². The van der Waals surface area contributed by atoms with Crippen LogP contribution in [-0.4, -0.2) is 65.5 Å². The Kier molecular flexibility index (Phi) is 13.7. The van der Waals surface area contributed by atoms with Crippen LogP contribution < -0.4 is 33.2 Å². The van der Waals surface area contributed by atoms with Crippen LogP contribution in [0.25, 0.3) is 0 Å². The van der Waals surface area contributed by atoms with Crippen LogP contribution in [0.2, 0.25) is 0 Å². The second-order valence-corrected chi connectivity index (χ2v) is 8.68. The zero-order chi connectivity index (χ0) is 25.7. The highest BCUT2D eigenvalue weighted by molar-refractivity contribution is 5.93. The monoisotopic (exact) mass is 471 g/mol. The van der Waals surface area contributed by atoms with Crippen molar-refractivity contribution in [2.24, 2.45) is 34.0 Å². The normalized spacial score (nSPS) is 15.5. The minimum atomic E-state index is -1.21. The summed E-state index contributed by atoms with van der Waals surface area (Å²) in [5, 5.41) is 17.0. The number of guanidine groups is 1. The number of nitrogens with zero attached hydrogens (tertiary/aromatic N) is 1. The number of aliphatic carboxylic acids is 1. The highest BCUT2D eigenvalue weighted by atomic mass is 16.4. The van der Waals surface area contributed by atoms with E-state index in [1.54, 1.807) is 0 Å². The summed E-state index contributed by atoms with van der Waals surface area (Å²) in [6, 6.07) is -3.82. The molecule has 12 heteroatoms. The number of carbonyl (C=O) groups is 4. The molecular formula is C21H41N7O5. The van der Waals surface area contributed by atoms with Gasteiger partial charge in [0, 0.05) is 6.54 Å². The van der Waals surface area contributed by atoms with Crippen molar-refractivity contribution in [2.45, 2.75) is 84.5 Å². The predicted octanol–water partition coefficient (Wildman–Crippen LogP) is -0.982. The number of rotatable bonds is 15. The van der Waals surface area contributed by atoms with Crippen LogP contribution in [0.1, 0.15) is 60.3 Å². The second kappa shape index (κ2) is 15.0. The number of amides is 3. The molecule has 5 unspecified atom stereocenters. The molecule has 5 atom stereocenters. The number of carbonyl (C=O) groups excluding carboxylic acids is 3. The van der Waals surface area contributed by atoms with Crippen molar-refractivity contribution in [1.29, 1.82) is 0 Å². The lowest BCUT2D eigenvalue weighted by Crippen LogP contribution is -2.57. The van der Waals surface area contributed by atoms with Gasteiger partial charge in [-0.3, -0.25) is 19.4 Å². The molecule has 12 nitrogen and oxygen atoms in total. The van der Waals surface area contributed by atoms with E-state index in [1.807, 2.05) is 27.7 Å². The summed E-state index contributed by atoms with van der Waals surface area (Å²) < 4.78 is 0. The third-order valence-corrected chi connectivity index (χ3v) is 5.21. The summed E-state index contributed by atoms with van der Waals surface area (Å²) in [5.41, 5.74) is 16.4. The summed E-state index contributed by atoms with van der Waals surface area (Å²) in [5.74, 6) is -2.93. The highest BCUT2D eigenvalue weighted by Gasteiger charge is 2.29. The molecule has 0 saturated heterocycles. The number of nitrogens with one attached hydrogen (secondary N) is 3. The first-order valence-electron chi connectivity index (χ1n) is 11.2. The fourth-order valence-corrected chi connectivity index (χ4v) is 2.92. The molecule has 0 heterocycles. The molecule has 0 radical (unpaired) electrons. The first kappa shape index (κ1) is 30.1. The van der Waals surface area contributed by atoms with Crippen LogP contribution in [0, 0.1) is 11.8 Å². The van der Waals surface area contributed by atoms with Gasteiger partial charge >= 0.3 is 5.97 Å². The van der Waals surface area contributed by atoms with E-state index >= 15 is 0 Å². The van der Waals surface area contributed by atoms with Gasteiger partial charge in [-0.1, -0.05) is 34.1 Å². The van der Waals surface area contributed by atoms with Gasteiger partial charge < -0.3 is 38.3 Å². The molecule has 190 valence electrons. The maximum Gasteiger partial charge on any atom is 0.326 e. The Morgan fingerprint density at radius 3 is 1.97 bits per heavy atom. The number of aliphatic imine (C=N–C) groups is 1. The van der Waals surface area contributed by atoms with Gasteiger partial charge in [0.1, 0.15) is 18.1 Å². The van der Waals surface area contributed by atoms with E-state index in [1.165, 1.54) is 6.92 Å². The number of hydrogen-bond acceptors (Lipinski definition) is 6. The third-order valence-electron chi connectivity index (χ3n) is 5.21. The summed E-state index contributed by atoms with van der Waals surface area (Å²) in [6.07, 6.45) is 1.51. The van der Waals surface area contributed by atoms with Crippen molar-refractivity contribution >= 4 is 29.7 Å². The van der Waals surface area contributed by atoms with Crippen molar-refractivity contribution in [3.63, 3.8) is 0 Å². The van der Waals surface area contributed by atoms with Gasteiger partial charge in [0.15, 0.2) is 5.96 Å². The molecule has 0 bridgehead atoms. The Balaban J connectivity index is 5.05. The fourth-order valence-electron chi connectivity index (χ4n) is 2.92. The molecule has 0 aromatic carbocycles. The molecule has 0 aliphatic carbocycles. The zero-order valence-corrected chi connectivity index (χ0v) is 20.3. The summed E-state index contributed by atoms with van der Waals surface area (Å²) >= 11 is 0. The van der Waals surface area contributed by atoms with Gasteiger partial charge in [-0.05, 0) is 38.0 Å². The lowest BCUT2D eigenvalue weighted by Gasteiger charge is -2.25. The predicted molar refractivity (Wildman–Crippen MR) is 126 cm³/mol. The average Bonchev–Trinajstić information content (AvgIpc) is 2.72. The maximum atomic E-state index is 12.8. The van der Waals surface area contributed by atoms with Crippen molar-refractivity contribution in [3.05, 3.63) is 0 Å². The molecule has 0 aliphatic rings. The van der Waals surface area contributed by atoms with E-state index in [0.717, 1.165) is 0 Å². The Morgan fingerprint density at radius 1 is 0.909 bits per heavy atom. The maximum absolute atomic E-state index is 12.8. The molecule has 0 spiro atoms. The highest BCUT2D eigenvalue weighted by Crippen LogP contribution is 2.09. The number of nitrogens with two attached hydrogens (primary N) is 3. The van der Waals surface area contributed by atoms with Gasteiger partial charge in [-0.2, -0.15) is 0 Å². The molecule has 33 heavy (non-hydrogen) atoms. The van der Waals surface area contributed by atoms with E-state index in [9.17, 15) is 24.3 Å². The lowest BCUT2D eigenvalue weighted by atomic mass is 9.97. The van der Waals surface area contributed by atoms with E-state index in [4.69, 9.17) is 17.2 Å². The molecule has 0 aliphatic heterocycles. The molecule has 0 saturated carbocycles. The number of carboxylic acid groups (broad SMARTS) is 1. The van der Waals surface area contributed by atoms with E-state index in [2.05, 4.69) is 20.9 Å². The van der Waals surface area contributed by atoms with Crippen molar-refractivity contribution in [1.82, 2.24) is 16.0 Å². The first-order chi connectivity index (χ1) is 15.3. The molecule has 0 aromatic heterocycles. The Bertz CT molecular complexity index is 694. The second-order valence-electron chi connectivity index (χ2n) is 8.68. The zero-order valence-electron chi connectivity index (χ0n) is 20.3. The largest absolute Gasteiger partial charge is 0.480 e. The first-order valence-corrected chi connectivity index (χ1v) is 11.2. The van der Waals surface area contributed by atoms with Gasteiger partial charge in [0.25, 0.3) is 0 Å². The fraction of sp³-hybridized carbons (Fsp3) is 0.762. The van der Waals surface area contributed by atoms with Crippen LogP contribution in [0.15, 0.2) is 4.99 Å². The number of hydrogen-bond donors (Lipinski definition) is 7. The quantitative estimate of drug-likeness (QED) is 0.0892. The van der Waals surface area contributed by atoms with Crippen molar-refractivity contribution in [3.8, 4) is 0 Å². The molecule has 10 N–H and O–H groups in total. The smallest absolute Gasteiger partial charge is 0.326 e. The lowest BCUT2D eigenvalue weighted by molar-refractivity contribution is -0.142. The van der Waals surface area contributed by atoms with E-state index in [-0.39, 0.29) is 30.8 Å². The standard InChI is InChI=1S/C21H41N7O5/c1-6-12(4)16(22)19(31)28-15(10-11(2)3)18(30)26-13(5)17(29)27-14(20(32)33)8-7-9-25-21(23)24/h11-16H,6-10,22H2,1-5H3,(H,26,30)(H,27,29)(H,28,31)(H,32,33)(H4,23,24,25). The third kappa shape index (κ3) is 12.1. The average molecular weight is 472 g/mol. The van der Waals surface area contributed by atoms with Crippen LogP contribution >= 0.6 is 0 Å². The van der Waals surface area contributed by atoms with Crippen LogP contribution in [-0.2, 0) is 19.2 Å². The van der Waals surface area contributed by atoms with E-state index < -0.39 is 47.9 Å². The van der Waals surface area contributed by atoms with Crippen molar-refractivity contribution in [2.75, 3.05) is 6.54 Å². The van der Waals surface area contributed by atoms with Gasteiger partial charge in [-0.15, -0.1) is 0 Å². The Hall–Kier alpha value is -2.89. The van der Waals surface area contributed by atoms with Gasteiger partial charge in [0.2, 0.25) is 17.7 Å². The van der Waals surface area contributed by atoms with Crippen LogP contribution in [0.3, 0.4) is 0 Å². The molecule has 3 amide bonds. The minimum Gasteiger partial charge on any atom is -0.480 e. The van der Waals surface area contributed by atoms with Crippen molar-refractivity contribution < 1.29 is 24.3 Å². The minimum absolute atomic E-state index is 0.0580. The summed E-state index contributed by atoms with van der Waals surface area (Å²) in [7, 11) is 0. The summed E-state index contributed by atoms with van der Waals surface area (Å²) in [4.78, 5) is 52.9. The van der Waals surface area contributed by atoms with Gasteiger partial charge in [-0.25, -0.2) is 4.79 Å². The summed E-state index contributed by atoms with van der Waals surface area (Å²) in [6.45, 7) is 9.23.